The SMILES string of the molecule is CC(=O)N1CC2(CCN(C(=O)c3ccc(C)nc3)CC2)C[C@@]1(C)CO. The lowest BCUT2D eigenvalue weighted by molar-refractivity contribution is -0.134. The van der Waals surface area contributed by atoms with Crippen LogP contribution >= 0.6 is 0 Å². The van der Waals surface area contributed by atoms with E-state index in [0.29, 0.717) is 25.2 Å². The van der Waals surface area contributed by atoms with E-state index < -0.39 is 5.54 Å². The van der Waals surface area contributed by atoms with Gasteiger partial charge in [-0.05, 0) is 50.7 Å². The van der Waals surface area contributed by atoms with Gasteiger partial charge in [-0.15, -0.1) is 0 Å². The van der Waals surface area contributed by atoms with Crippen molar-refractivity contribution in [3.05, 3.63) is 29.6 Å². The maximum Gasteiger partial charge on any atom is 0.255 e. The molecular formula is C19H27N3O3. The molecule has 25 heavy (non-hydrogen) atoms. The molecule has 1 aromatic heterocycles. The number of likely N-dealkylation sites (tertiary alicyclic amines) is 2. The first-order valence-electron chi connectivity index (χ1n) is 8.90. The van der Waals surface area contributed by atoms with Crippen LogP contribution in [0.2, 0.25) is 0 Å². The highest BCUT2D eigenvalue weighted by atomic mass is 16.3. The number of pyridine rings is 1. The zero-order valence-corrected chi connectivity index (χ0v) is 15.3. The fraction of sp³-hybridized carbons (Fsp3) is 0.632. The Morgan fingerprint density at radius 1 is 1.28 bits per heavy atom. The maximum atomic E-state index is 12.7. The first kappa shape index (κ1) is 17.9. The van der Waals surface area contributed by atoms with Crippen molar-refractivity contribution in [1.82, 2.24) is 14.8 Å². The Morgan fingerprint density at radius 3 is 2.44 bits per heavy atom. The van der Waals surface area contributed by atoms with Crippen LogP contribution in [0.1, 0.15) is 49.2 Å². The van der Waals surface area contributed by atoms with Gasteiger partial charge in [-0.25, -0.2) is 0 Å². The summed E-state index contributed by atoms with van der Waals surface area (Å²) in [5, 5.41) is 9.80. The summed E-state index contributed by atoms with van der Waals surface area (Å²) < 4.78 is 0. The molecule has 1 atom stereocenters. The topological polar surface area (TPSA) is 73.7 Å². The number of amides is 2. The molecule has 0 radical (unpaired) electrons. The number of aliphatic hydroxyl groups excluding tert-OH is 1. The van der Waals surface area contributed by atoms with E-state index in [1.54, 1.807) is 13.1 Å². The molecule has 3 heterocycles. The van der Waals surface area contributed by atoms with E-state index in [2.05, 4.69) is 4.98 Å². The van der Waals surface area contributed by atoms with Gasteiger partial charge >= 0.3 is 0 Å². The fourth-order valence-corrected chi connectivity index (χ4v) is 4.41. The Hall–Kier alpha value is -1.95. The van der Waals surface area contributed by atoms with E-state index in [0.717, 1.165) is 25.0 Å². The number of rotatable bonds is 2. The summed E-state index contributed by atoms with van der Waals surface area (Å²) in [4.78, 5) is 32.5. The van der Waals surface area contributed by atoms with Crippen molar-refractivity contribution in [1.29, 1.82) is 0 Å². The second-order valence-electron chi connectivity index (χ2n) is 7.92. The van der Waals surface area contributed by atoms with Crippen LogP contribution in [0.15, 0.2) is 18.3 Å². The van der Waals surface area contributed by atoms with E-state index >= 15 is 0 Å². The van der Waals surface area contributed by atoms with E-state index in [9.17, 15) is 14.7 Å². The summed E-state index contributed by atoms with van der Waals surface area (Å²) in [6, 6.07) is 3.68. The predicted octanol–water partition coefficient (Wildman–Crippen LogP) is 1.62. The van der Waals surface area contributed by atoms with Gasteiger partial charge in [-0.1, -0.05) is 0 Å². The number of aliphatic hydroxyl groups is 1. The fourth-order valence-electron chi connectivity index (χ4n) is 4.41. The highest BCUT2D eigenvalue weighted by Crippen LogP contribution is 2.48. The van der Waals surface area contributed by atoms with Gasteiger partial charge in [-0.2, -0.15) is 0 Å². The molecule has 136 valence electrons. The second-order valence-corrected chi connectivity index (χ2v) is 7.92. The number of hydrogen-bond donors (Lipinski definition) is 1. The van der Waals surface area contributed by atoms with Crippen molar-refractivity contribution in [3.63, 3.8) is 0 Å². The van der Waals surface area contributed by atoms with E-state index in [4.69, 9.17) is 0 Å². The Kier molecular flexibility index (Phi) is 4.58. The normalized spacial score (nSPS) is 25.4. The summed E-state index contributed by atoms with van der Waals surface area (Å²) in [5.74, 6) is 0.0337. The number of hydrogen-bond acceptors (Lipinski definition) is 4. The quantitative estimate of drug-likeness (QED) is 0.884. The van der Waals surface area contributed by atoms with Crippen molar-refractivity contribution >= 4 is 11.8 Å². The molecule has 1 spiro atoms. The van der Waals surface area contributed by atoms with Crippen molar-refractivity contribution in [3.8, 4) is 0 Å². The largest absolute Gasteiger partial charge is 0.394 e. The first-order chi connectivity index (χ1) is 11.8. The van der Waals surface area contributed by atoms with Gasteiger partial charge in [0, 0.05) is 38.4 Å². The van der Waals surface area contributed by atoms with Crippen molar-refractivity contribution in [2.45, 2.75) is 45.6 Å². The van der Waals surface area contributed by atoms with Crippen LogP contribution in [-0.2, 0) is 4.79 Å². The monoisotopic (exact) mass is 345 g/mol. The molecule has 2 fully saturated rings. The zero-order chi connectivity index (χ0) is 18.2. The minimum atomic E-state index is -0.487. The predicted molar refractivity (Wildman–Crippen MR) is 94.0 cm³/mol. The Morgan fingerprint density at radius 2 is 1.96 bits per heavy atom. The average molecular weight is 345 g/mol. The summed E-state index contributed by atoms with van der Waals surface area (Å²) >= 11 is 0. The van der Waals surface area contributed by atoms with Gasteiger partial charge in [0.05, 0.1) is 17.7 Å². The number of aromatic nitrogens is 1. The van der Waals surface area contributed by atoms with Gasteiger partial charge in [0.1, 0.15) is 0 Å². The van der Waals surface area contributed by atoms with Crippen LogP contribution in [0.3, 0.4) is 0 Å². The number of nitrogens with zero attached hydrogens (tertiary/aromatic N) is 3. The first-order valence-corrected chi connectivity index (χ1v) is 8.90. The standard InChI is InChI=1S/C19H27N3O3/c1-14-4-5-16(10-20-14)17(25)21-8-6-19(7-9-21)11-18(3,13-23)22(12-19)15(2)24/h4-5,10,23H,6-9,11-13H2,1-3H3/t18-/m0/s1. The lowest BCUT2D eigenvalue weighted by Crippen LogP contribution is -2.46. The number of piperidine rings is 1. The summed E-state index contributed by atoms with van der Waals surface area (Å²) in [6.07, 6.45) is 4.15. The third kappa shape index (κ3) is 3.27. The van der Waals surface area contributed by atoms with E-state index in [1.807, 2.05) is 35.8 Å². The third-order valence-electron chi connectivity index (χ3n) is 5.89. The minimum Gasteiger partial charge on any atom is -0.394 e. The van der Waals surface area contributed by atoms with Crippen LogP contribution in [0, 0.1) is 12.3 Å². The Balaban J connectivity index is 1.68. The number of carbonyl (C=O) groups excluding carboxylic acids is 2. The lowest BCUT2D eigenvalue weighted by Gasteiger charge is -2.39. The van der Waals surface area contributed by atoms with E-state index in [1.165, 1.54) is 0 Å². The van der Waals surface area contributed by atoms with Crippen LogP contribution in [-0.4, -0.2) is 63.5 Å². The van der Waals surface area contributed by atoms with Gasteiger partial charge in [0.15, 0.2) is 0 Å². The molecule has 1 aromatic rings. The van der Waals surface area contributed by atoms with Gasteiger partial charge in [-0.3, -0.25) is 14.6 Å². The highest BCUT2D eigenvalue weighted by Gasteiger charge is 2.52. The van der Waals surface area contributed by atoms with E-state index in [-0.39, 0.29) is 23.8 Å². The number of aryl methyl sites for hydroxylation is 1. The molecule has 2 saturated heterocycles. The molecule has 0 aromatic carbocycles. The van der Waals surface area contributed by atoms with Crippen LogP contribution < -0.4 is 0 Å². The molecule has 0 saturated carbocycles. The lowest BCUT2D eigenvalue weighted by atomic mass is 9.74. The molecular weight excluding hydrogens is 318 g/mol. The average Bonchev–Trinajstić information content (AvgIpc) is 2.89. The molecule has 6 nitrogen and oxygen atoms in total. The summed E-state index contributed by atoms with van der Waals surface area (Å²) in [6.45, 7) is 7.44. The van der Waals surface area contributed by atoms with Crippen LogP contribution in [0.4, 0.5) is 0 Å². The summed E-state index contributed by atoms with van der Waals surface area (Å²) in [7, 11) is 0. The van der Waals surface area contributed by atoms with Gasteiger partial charge in [0.25, 0.3) is 5.91 Å². The molecule has 2 aliphatic heterocycles. The number of carbonyl (C=O) groups is 2. The molecule has 0 aliphatic carbocycles. The molecule has 2 amide bonds. The molecule has 0 unspecified atom stereocenters. The Labute approximate surface area is 148 Å². The minimum absolute atomic E-state index is 0.00541. The highest BCUT2D eigenvalue weighted by molar-refractivity contribution is 5.94. The van der Waals surface area contributed by atoms with Crippen molar-refractivity contribution < 1.29 is 14.7 Å². The Bertz CT molecular complexity index is 665. The molecule has 2 aliphatic rings. The summed E-state index contributed by atoms with van der Waals surface area (Å²) in [5.41, 5.74) is 1.04. The molecule has 6 heteroatoms. The molecule has 0 bridgehead atoms. The molecule has 1 N–H and O–H groups in total. The van der Waals surface area contributed by atoms with Gasteiger partial charge < -0.3 is 14.9 Å². The third-order valence-corrected chi connectivity index (χ3v) is 5.89. The maximum absolute atomic E-state index is 12.7. The van der Waals surface area contributed by atoms with Crippen molar-refractivity contribution in [2.75, 3.05) is 26.2 Å². The molecule has 3 rings (SSSR count). The van der Waals surface area contributed by atoms with Crippen molar-refractivity contribution in [2.24, 2.45) is 5.41 Å². The van der Waals surface area contributed by atoms with Crippen LogP contribution in [0.5, 0.6) is 0 Å². The zero-order valence-electron chi connectivity index (χ0n) is 15.3. The second kappa shape index (κ2) is 6.41. The van der Waals surface area contributed by atoms with Crippen LogP contribution in [0.25, 0.3) is 0 Å². The smallest absolute Gasteiger partial charge is 0.255 e. The van der Waals surface area contributed by atoms with Gasteiger partial charge in [0.2, 0.25) is 5.91 Å².